The van der Waals surface area contributed by atoms with Gasteiger partial charge in [-0.1, -0.05) is 6.07 Å². The van der Waals surface area contributed by atoms with Crippen LogP contribution in [0.1, 0.15) is 57.6 Å². The van der Waals surface area contributed by atoms with Crippen molar-refractivity contribution in [2.24, 2.45) is 0 Å². The van der Waals surface area contributed by atoms with Crippen molar-refractivity contribution in [2.45, 2.75) is 70.5 Å². The smallest absolute Gasteiger partial charge is 0.465 e. The van der Waals surface area contributed by atoms with Crippen LogP contribution in [-0.2, 0) is 15.7 Å². The van der Waals surface area contributed by atoms with E-state index in [1.165, 1.54) is 4.90 Å². The molecule has 2 N–H and O–H groups in total. The first kappa shape index (κ1) is 22.1. The molecular formula is C22H29BF2N2O4. The predicted octanol–water partition coefficient (Wildman–Crippen LogP) is 4.13. The lowest BCUT2D eigenvalue weighted by molar-refractivity contribution is 0.00578. The van der Waals surface area contributed by atoms with Crippen molar-refractivity contribution in [1.29, 1.82) is 0 Å². The summed E-state index contributed by atoms with van der Waals surface area (Å²) in [7, 11) is -0.742. The van der Waals surface area contributed by atoms with E-state index in [0.29, 0.717) is 24.2 Å². The number of fused-ring (bicyclic) bond motifs is 1. The Morgan fingerprint density at radius 3 is 2.39 bits per heavy atom. The van der Waals surface area contributed by atoms with Gasteiger partial charge in [-0.2, -0.15) is 0 Å². The van der Waals surface area contributed by atoms with E-state index in [1.807, 2.05) is 45.9 Å². The number of alkyl halides is 2. The molecule has 0 saturated carbocycles. The molecular weight excluding hydrogens is 405 g/mol. The first-order valence-electron chi connectivity index (χ1n) is 10.7. The Morgan fingerprint density at radius 1 is 1.23 bits per heavy atom. The molecule has 2 aliphatic heterocycles. The number of benzene rings is 1. The van der Waals surface area contributed by atoms with Crippen molar-refractivity contribution in [2.75, 3.05) is 13.1 Å². The van der Waals surface area contributed by atoms with Crippen LogP contribution in [0.15, 0.2) is 18.2 Å². The number of nitrogens with one attached hydrogen (secondary N) is 1. The third kappa shape index (κ3) is 4.05. The Hall–Kier alpha value is -2.13. The fourth-order valence-corrected chi connectivity index (χ4v) is 4.48. The average molecular weight is 434 g/mol. The van der Waals surface area contributed by atoms with Crippen molar-refractivity contribution in [3.05, 3.63) is 29.3 Å². The summed E-state index contributed by atoms with van der Waals surface area (Å²) in [6.45, 7) is 8.70. The highest BCUT2D eigenvalue weighted by Crippen LogP contribution is 2.38. The molecule has 1 amide bonds. The molecule has 0 atom stereocenters. The van der Waals surface area contributed by atoms with Gasteiger partial charge in [0.05, 0.1) is 11.2 Å². The minimum Gasteiger partial charge on any atom is -0.465 e. The number of aromatic amines is 1. The third-order valence-electron chi connectivity index (χ3n) is 7.05. The van der Waals surface area contributed by atoms with Crippen LogP contribution in [0.3, 0.4) is 0 Å². The molecule has 3 heterocycles. The molecule has 2 aliphatic rings. The topological polar surface area (TPSA) is 74.8 Å². The quantitative estimate of drug-likeness (QED) is 0.710. The molecule has 1 aromatic carbocycles. The van der Waals surface area contributed by atoms with Crippen molar-refractivity contribution in [1.82, 2.24) is 9.88 Å². The Bertz CT molecular complexity index is 967. The summed E-state index contributed by atoms with van der Waals surface area (Å²) in [5.74, 6) is 0.203. The van der Waals surface area contributed by atoms with Gasteiger partial charge in [-0.15, -0.1) is 0 Å². The monoisotopic (exact) mass is 434 g/mol. The lowest BCUT2D eigenvalue weighted by Crippen LogP contribution is -2.41. The highest BCUT2D eigenvalue weighted by Gasteiger charge is 2.53. The second kappa shape index (κ2) is 7.78. The van der Waals surface area contributed by atoms with Crippen LogP contribution in [0.4, 0.5) is 13.6 Å². The molecule has 1 aromatic heterocycles. The minimum absolute atomic E-state index is 0.203. The molecule has 2 aromatic rings. The van der Waals surface area contributed by atoms with Crippen LogP contribution in [0.2, 0.25) is 0 Å². The predicted molar refractivity (Wildman–Crippen MR) is 115 cm³/mol. The Labute approximate surface area is 181 Å². The molecule has 0 spiro atoms. The van der Waals surface area contributed by atoms with Crippen LogP contribution in [-0.4, -0.2) is 58.9 Å². The third-order valence-corrected chi connectivity index (χ3v) is 7.05. The first-order chi connectivity index (χ1) is 14.5. The van der Waals surface area contributed by atoms with Crippen molar-refractivity contribution >= 4 is 29.7 Å². The number of piperidine rings is 1. The van der Waals surface area contributed by atoms with Crippen LogP contribution < -0.4 is 5.59 Å². The number of hydrogen-bond donors (Lipinski definition) is 2. The summed E-state index contributed by atoms with van der Waals surface area (Å²) < 4.78 is 39.3. The van der Waals surface area contributed by atoms with E-state index in [1.54, 1.807) is 0 Å². The lowest BCUT2D eigenvalue weighted by Gasteiger charge is -2.32. The maximum absolute atomic E-state index is 13.5. The fourth-order valence-electron chi connectivity index (χ4n) is 4.48. The summed E-state index contributed by atoms with van der Waals surface area (Å²) >= 11 is 0. The number of likely N-dealkylation sites (tertiary alicyclic amines) is 1. The molecule has 0 aliphatic carbocycles. The Morgan fingerprint density at radius 2 is 1.84 bits per heavy atom. The molecule has 0 radical (unpaired) electrons. The Balaban J connectivity index is 1.68. The van der Waals surface area contributed by atoms with Gasteiger partial charge in [0.2, 0.25) is 6.43 Å². The molecule has 168 valence electrons. The number of hydrogen-bond acceptors (Lipinski definition) is 3. The molecule has 2 fully saturated rings. The largest absolute Gasteiger partial charge is 0.512 e. The summed E-state index contributed by atoms with van der Waals surface area (Å²) in [5.41, 5.74) is 1.75. The van der Waals surface area contributed by atoms with E-state index in [2.05, 4.69) is 4.98 Å². The Kier molecular flexibility index (Phi) is 5.54. The molecule has 6 nitrogen and oxygen atoms in total. The van der Waals surface area contributed by atoms with E-state index in [0.717, 1.165) is 29.3 Å². The maximum atomic E-state index is 13.5. The second-order valence-electron chi connectivity index (χ2n) is 9.55. The summed E-state index contributed by atoms with van der Waals surface area (Å²) in [5, 5.41) is 9.92. The lowest BCUT2D eigenvalue weighted by atomic mass is 9.80. The van der Waals surface area contributed by atoms with E-state index >= 15 is 0 Å². The van der Waals surface area contributed by atoms with Crippen molar-refractivity contribution in [3.8, 4) is 0 Å². The summed E-state index contributed by atoms with van der Waals surface area (Å²) in [4.78, 5) is 15.9. The number of carboxylic acid groups (broad SMARTS) is 1. The van der Waals surface area contributed by atoms with Gasteiger partial charge in [0.15, 0.2) is 0 Å². The van der Waals surface area contributed by atoms with Gasteiger partial charge in [-0.05, 0) is 69.7 Å². The zero-order valence-electron chi connectivity index (χ0n) is 18.4. The SMILES string of the molecule is CC1(C)OB(c2[nH]c3ccc(C4CCN(C(=O)O)CC4)cc3c2CC(F)F)OC1(C)C. The number of carbonyl (C=O) groups is 1. The van der Waals surface area contributed by atoms with Crippen LogP contribution in [0.25, 0.3) is 10.9 Å². The summed E-state index contributed by atoms with van der Waals surface area (Å²) in [6.07, 6.45) is -2.35. The van der Waals surface area contributed by atoms with Crippen LogP contribution in [0.5, 0.6) is 0 Å². The van der Waals surface area contributed by atoms with E-state index in [9.17, 15) is 13.6 Å². The van der Waals surface area contributed by atoms with E-state index in [-0.39, 0.29) is 12.3 Å². The number of H-pyrrole nitrogens is 1. The molecule has 9 heteroatoms. The zero-order chi connectivity index (χ0) is 22.6. The van der Waals surface area contributed by atoms with Gasteiger partial charge in [0.25, 0.3) is 0 Å². The number of aromatic nitrogens is 1. The average Bonchev–Trinajstić information content (AvgIpc) is 3.14. The number of amides is 1. The van der Waals surface area contributed by atoms with Crippen molar-refractivity contribution < 1.29 is 28.0 Å². The van der Waals surface area contributed by atoms with Gasteiger partial charge in [0.1, 0.15) is 0 Å². The van der Waals surface area contributed by atoms with Gasteiger partial charge < -0.3 is 24.3 Å². The molecule has 31 heavy (non-hydrogen) atoms. The van der Waals surface area contributed by atoms with E-state index < -0.39 is 30.8 Å². The van der Waals surface area contributed by atoms with Crippen LogP contribution in [0, 0.1) is 0 Å². The highest BCUT2D eigenvalue weighted by atomic mass is 19.3. The summed E-state index contributed by atoms with van der Waals surface area (Å²) in [6, 6.07) is 5.89. The molecule has 2 saturated heterocycles. The first-order valence-corrected chi connectivity index (χ1v) is 10.7. The van der Waals surface area contributed by atoms with Gasteiger partial charge >= 0.3 is 13.2 Å². The highest BCUT2D eigenvalue weighted by molar-refractivity contribution is 6.62. The van der Waals surface area contributed by atoms with Crippen LogP contribution >= 0.6 is 0 Å². The van der Waals surface area contributed by atoms with Gasteiger partial charge in [-0.25, -0.2) is 13.6 Å². The maximum Gasteiger partial charge on any atom is 0.512 e. The number of nitrogens with zero attached hydrogens (tertiary/aromatic N) is 1. The minimum atomic E-state index is -2.50. The number of rotatable bonds is 4. The second-order valence-corrected chi connectivity index (χ2v) is 9.55. The van der Waals surface area contributed by atoms with Gasteiger partial charge in [0, 0.05) is 36.0 Å². The normalized spacial score (nSPS) is 21.4. The van der Waals surface area contributed by atoms with Crippen molar-refractivity contribution in [3.63, 3.8) is 0 Å². The molecule has 0 bridgehead atoms. The standard InChI is InChI=1S/C22H29BF2N2O4/c1-21(2)22(3,4)31-23(30-21)19-16(12-18(24)25)15-11-14(5-6-17(15)26-19)13-7-9-27(10-8-13)20(28)29/h5-6,11,13,18,26H,7-10,12H2,1-4H3,(H,28,29). The molecule has 4 rings (SSSR count). The molecule has 0 unspecified atom stereocenters. The van der Waals surface area contributed by atoms with Gasteiger partial charge in [-0.3, -0.25) is 0 Å². The fraction of sp³-hybridized carbons (Fsp3) is 0.591. The zero-order valence-corrected chi connectivity index (χ0v) is 18.4. The number of halogens is 2. The van der Waals surface area contributed by atoms with E-state index in [4.69, 9.17) is 14.4 Å².